The number of fused-ring (bicyclic) bond motifs is 2. The summed E-state index contributed by atoms with van der Waals surface area (Å²) in [6.07, 6.45) is 3.22. The summed E-state index contributed by atoms with van der Waals surface area (Å²) in [5.74, 6) is -0.167. The third-order valence-electron chi connectivity index (χ3n) is 4.39. The van der Waals surface area contributed by atoms with Gasteiger partial charge in [0.2, 0.25) is 0 Å². The number of carbonyl (C=O) groups is 1. The van der Waals surface area contributed by atoms with Crippen LogP contribution in [0.1, 0.15) is 32.9 Å². The number of hydrogen-bond acceptors (Lipinski definition) is 4. The van der Waals surface area contributed by atoms with Crippen LogP contribution in [0.4, 0.5) is 11.4 Å². The highest BCUT2D eigenvalue weighted by atomic mass is 127. The van der Waals surface area contributed by atoms with E-state index in [1.54, 1.807) is 0 Å². The molecule has 0 radical (unpaired) electrons. The molecule has 0 atom stereocenters. The zero-order valence-corrected chi connectivity index (χ0v) is 16.1. The molecule has 0 saturated carbocycles. The van der Waals surface area contributed by atoms with Gasteiger partial charge in [-0.05, 0) is 84.2 Å². The van der Waals surface area contributed by atoms with Gasteiger partial charge in [0, 0.05) is 20.3 Å². The Bertz CT molecular complexity index is 980. The predicted octanol–water partition coefficient (Wildman–Crippen LogP) is 4.53. The van der Waals surface area contributed by atoms with Crippen molar-refractivity contribution in [3.05, 3.63) is 49.5 Å². The Hall–Kier alpha value is -1.67. The second-order valence-corrected chi connectivity index (χ2v) is 8.30. The first-order chi connectivity index (χ1) is 11.5. The van der Waals surface area contributed by atoms with Crippen LogP contribution in [0.5, 0.6) is 0 Å². The number of nitrogen functional groups attached to an aromatic ring is 1. The molecule has 0 fully saturated rings. The number of amides is 1. The standard InChI is InChI=1S/C18H16IN3OS/c1-9-7-11(19)5-6-13(9)21-17(23)16-15(20)12-8-10-3-2-4-14(10)22-18(12)24-16/h5-8H,2-4,20H2,1H3,(H,21,23). The van der Waals surface area contributed by atoms with Crippen LogP contribution in [0.2, 0.25) is 0 Å². The SMILES string of the molecule is Cc1cc(I)ccc1NC(=O)c1sc2nc3c(cc2c1N)CCC3. The van der Waals surface area contributed by atoms with Crippen molar-refractivity contribution >= 4 is 61.4 Å². The summed E-state index contributed by atoms with van der Waals surface area (Å²) in [4.78, 5) is 18.8. The van der Waals surface area contributed by atoms with Crippen LogP contribution < -0.4 is 11.1 Å². The molecule has 0 aliphatic heterocycles. The van der Waals surface area contributed by atoms with E-state index in [0.717, 1.165) is 50.0 Å². The molecule has 2 aromatic heterocycles. The van der Waals surface area contributed by atoms with Gasteiger partial charge in [-0.2, -0.15) is 0 Å². The molecular weight excluding hydrogens is 433 g/mol. The highest BCUT2D eigenvalue weighted by Gasteiger charge is 2.21. The van der Waals surface area contributed by atoms with Crippen LogP contribution in [0.25, 0.3) is 10.2 Å². The molecule has 1 aliphatic carbocycles. The fourth-order valence-corrected chi connectivity index (χ4v) is 4.75. The maximum atomic E-state index is 12.7. The van der Waals surface area contributed by atoms with E-state index >= 15 is 0 Å². The summed E-state index contributed by atoms with van der Waals surface area (Å²) < 4.78 is 1.14. The number of thiophene rings is 1. The van der Waals surface area contributed by atoms with Gasteiger partial charge in [-0.3, -0.25) is 4.79 Å². The lowest BCUT2D eigenvalue weighted by atomic mass is 10.1. The van der Waals surface area contributed by atoms with Crippen molar-refractivity contribution in [2.45, 2.75) is 26.2 Å². The topological polar surface area (TPSA) is 68.0 Å². The van der Waals surface area contributed by atoms with Crippen LogP contribution in [0, 0.1) is 10.5 Å². The number of aryl methyl sites for hydroxylation is 3. The number of halogens is 1. The molecule has 0 bridgehead atoms. The third-order valence-corrected chi connectivity index (χ3v) is 6.18. The van der Waals surface area contributed by atoms with Crippen LogP contribution in [-0.4, -0.2) is 10.9 Å². The molecule has 6 heteroatoms. The molecule has 3 aromatic rings. The van der Waals surface area contributed by atoms with E-state index in [-0.39, 0.29) is 5.91 Å². The average molecular weight is 449 g/mol. The number of aromatic nitrogens is 1. The van der Waals surface area contributed by atoms with Crippen LogP contribution in [0.3, 0.4) is 0 Å². The lowest BCUT2D eigenvalue weighted by Gasteiger charge is -2.08. The molecule has 122 valence electrons. The highest BCUT2D eigenvalue weighted by Crippen LogP contribution is 2.36. The fraction of sp³-hybridized carbons (Fsp3) is 0.222. The predicted molar refractivity (Wildman–Crippen MR) is 108 cm³/mol. The Labute approximate surface area is 157 Å². The zero-order chi connectivity index (χ0) is 16.8. The normalized spacial score (nSPS) is 13.2. The third kappa shape index (κ3) is 2.67. The fourth-order valence-electron chi connectivity index (χ4n) is 3.11. The summed E-state index contributed by atoms with van der Waals surface area (Å²) in [5.41, 5.74) is 11.1. The molecule has 1 aliphatic rings. The lowest BCUT2D eigenvalue weighted by Crippen LogP contribution is -2.12. The summed E-state index contributed by atoms with van der Waals surface area (Å²) in [6.45, 7) is 1.98. The van der Waals surface area contributed by atoms with Gasteiger partial charge in [0.15, 0.2) is 0 Å². The number of rotatable bonds is 2. The van der Waals surface area contributed by atoms with Gasteiger partial charge in [0.25, 0.3) is 5.91 Å². The minimum absolute atomic E-state index is 0.167. The van der Waals surface area contributed by atoms with E-state index < -0.39 is 0 Å². The number of nitrogens with zero attached hydrogens (tertiary/aromatic N) is 1. The van der Waals surface area contributed by atoms with Gasteiger partial charge in [-0.25, -0.2) is 4.98 Å². The molecule has 3 N–H and O–H groups in total. The first-order valence-corrected chi connectivity index (χ1v) is 9.70. The number of pyridine rings is 1. The first-order valence-electron chi connectivity index (χ1n) is 7.81. The smallest absolute Gasteiger partial charge is 0.267 e. The number of nitrogens with two attached hydrogens (primary N) is 1. The molecule has 0 unspecified atom stereocenters. The molecular formula is C18H16IN3OS. The van der Waals surface area contributed by atoms with Crippen molar-refractivity contribution in [1.29, 1.82) is 0 Å². The summed E-state index contributed by atoms with van der Waals surface area (Å²) in [5, 5.41) is 3.88. The van der Waals surface area contributed by atoms with Crippen molar-refractivity contribution < 1.29 is 4.79 Å². The molecule has 24 heavy (non-hydrogen) atoms. The lowest BCUT2D eigenvalue weighted by molar-refractivity contribution is 0.103. The number of carbonyl (C=O) groups excluding carboxylic acids is 1. The van der Waals surface area contributed by atoms with Gasteiger partial charge in [0.05, 0.1) is 5.69 Å². The van der Waals surface area contributed by atoms with Gasteiger partial charge in [-0.15, -0.1) is 11.3 Å². The van der Waals surface area contributed by atoms with Gasteiger partial charge in [-0.1, -0.05) is 0 Å². The van der Waals surface area contributed by atoms with Crippen molar-refractivity contribution in [3.8, 4) is 0 Å². The number of anilines is 2. The van der Waals surface area contributed by atoms with Crippen molar-refractivity contribution in [2.75, 3.05) is 11.1 Å². The molecule has 2 heterocycles. The highest BCUT2D eigenvalue weighted by molar-refractivity contribution is 14.1. The number of hydrogen-bond donors (Lipinski definition) is 2. The second-order valence-electron chi connectivity index (χ2n) is 6.06. The Kier molecular flexibility index (Phi) is 3.96. The van der Waals surface area contributed by atoms with Gasteiger partial charge < -0.3 is 11.1 Å². The number of nitrogens with one attached hydrogen (secondary N) is 1. The minimum Gasteiger partial charge on any atom is -0.397 e. The molecule has 0 saturated heterocycles. The van der Waals surface area contributed by atoms with Crippen LogP contribution in [0.15, 0.2) is 24.3 Å². The average Bonchev–Trinajstić information content (AvgIpc) is 3.12. The molecule has 1 aromatic carbocycles. The number of benzene rings is 1. The van der Waals surface area contributed by atoms with E-state index in [1.165, 1.54) is 16.9 Å². The van der Waals surface area contributed by atoms with E-state index in [4.69, 9.17) is 10.7 Å². The van der Waals surface area contributed by atoms with E-state index in [9.17, 15) is 4.79 Å². The van der Waals surface area contributed by atoms with Crippen LogP contribution >= 0.6 is 33.9 Å². The molecule has 0 spiro atoms. The van der Waals surface area contributed by atoms with E-state index in [2.05, 4.69) is 34.0 Å². The quantitative estimate of drug-likeness (QED) is 0.565. The molecule has 4 nitrogen and oxygen atoms in total. The Morgan fingerprint density at radius 2 is 2.17 bits per heavy atom. The van der Waals surface area contributed by atoms with E-state index in [1.807, 2.05) is 25.1 Å². The Morgan fingerprint density at radius 3 is 2.96 bits per heavy atom. The largest absolute Gasteiger partial charge is 0.397 e. The van der Waals surface area contributed by atoms with Crippen molar-refractivity contribution in [2.24, 2.45) is 0 Å². The van der Waals surface area contributed by atoms with Gasteiger partial charge in [0.1, 0.15) is 9.71 Å². The summed E-state index contributed by atoms with van der Waals surface area (Å²) in [7, 11) is 0. The monoisotopic (exact) mass is 449 g/mol. The maximum Gasteiger partial charge on any atom is 0.267 e. The molecule has 4 rings (SSSR count). The zero-order valence-electron chi connectivity index (χ0n) is 13.1. The first kappa shape index (κ1) is 15.8. The maximum absolute atomic E-state index is 12.7. The van der Waals surface area contributed by atoms with Gasteiger partial charge >= 0.3 is 0 Å². The second kappa shape index (κ2) is 6.00. The Balaban J connectivity index is 1.70. The van der Waals surface area contributed by atoms with Crippen molar-refractivity contribution in [1.82, 2.24) is 4.98 Å². The van der Waals surface area contributed by atoms with E-state index in [0.29, 0.717) is 10.6 Å². The minimum atomic E-state index is -0.167. The van der Waals surface area contributed by atoms with Crippen molar-refractivity contribution in [3.63, 3.8) is 0 Å². The molecule has 1 amide bonds. The van der Waals surface area contributed by atoms with Crippen LogP contribution in [-0.2, 0) is 12.8 Å². The summed E-state index contributed by atoms with van der Waals surface area (Å²) in [6, 6.07) is 8.05. The summed E-state index contributed by atoms with van der Waals surface area (Å²) >= 11 is 3.63. The Morgan fingerprint density at radius 1 is 1.33 bits per heavy atom.